The molecule has 3 heterocycles. The Hall–Kier alpha value is -0.970. The van der Waals surface area contributed by atoms with Crippen LogP contribution in [0, 0.1) is 6.92 Å². The number of halogens is 2. The van der Waals surface area contributed by atoms with Crippen LogP contribution in [0.15, 0.2) is 18.2 Å². The van der Waals surface area contributed by atoms with E-state index in [9.17, 15) is 4.79 Å². The van der Waals surface area contributed by atoms with Gasteiger partial charge >= 0.3 is 0 Å². The van der Waals surface area contributed by atoms with E-state index in [-0.39, 0.29) is 30.7 Å². The maximum absolute atomic E-state index is 13.4. The lowest BCUT2D eigenvalue weighted by Gasteiger charge is -2.30. The quantitative estimate of drug-likeness (QED) is 0.846. The molecule has 4 nitrogen and oxygen atoms in total. The molecule has 2 atom stereocenters. The summed E-state index contributed by atoms with van der Waals surface area (Å²) in [7, 11) is 0. The minimum atomic E-state index is 0. The number of aryl methyl sites for hydroxylation is 1. The van der Waals surface area contributed by atoms with E-state index in [1.165, 1.54) is 24.8 Å². The van der Waals surface area contributed by atoms with Crippen LogP contribution in [0.1, 0.15) is 48.0 Å². The van der Waals surface area contributed by atoms with Gasteiger partial charge in [0.25, 0.3) is 5.91 Å². The van der Waals surface area contributed by atoms with Crippen LogP contribution in [0.5, 0.6) is 0 Å². The van der Waals surface area contributed by atoms with Crippen molar-refractivity contribution in [1.82, 2.24) is 10.2 Å². The fourth-order valence-corrected chi connectivity index (χ4v) is 4.51. The van der Waals surface area contributed by atoms with Crippen molar-refractivity contribution in [2.45, 2.75) is 51.1 Å². The molecule has 0 radical (unpaired) electrons. The number of anilines is 1. The molecule has 1 aromatic rings. The summed E-state index contributed by atoms with van der Waals surface area (Å²) in [6.45, 7) is 6.24. The molecule has 3 fully saturated rings. The third kappa shape index (κ3) is 3.91. The normalized spacial score (nSPS) is 25.2. The minimum Gasteiger partial charge on any atom is -0.371 e. The summed E-state index contributed by atoms with van der Waals surface area (Å²) in [5.74, 6) is 0.256. The second-order valence-corrected chi connectivity index (χ2v) is 7.30. The van der Waals surface area contributed by atoms with E-state index in [1.54, 1.807) is 0 Å². The van der Waals surface area contributed by atoms with Crippen LogP contribution in [-0.2, 0) is 0 Å². The maximum Gasteiger partial charge on any atom is 0.256 e. The zero-order valence-corrected chi connectivity index (χ0v) is 16.5. The number of carbonyl (C=O) groups is 1. The fraction of sp³-hybridized carbons (Fsp3) is 0.632. The van der Waals surface area contributed by atoms with Gasteiger partial charge in [0, 0.05) is 37.4 Å². The summed E-state index contributed by atoms with van der Waals surface area (Å²) in [6.07, 6.45) is 5.88. The van der Waals surface area contributed by atoms with E-state index in [4.69, 9.17) is 0 Å². The van der Waals surface area contributed by atoms with Crippen LogP contribution in [0.3, 0.4) is 0 Å². The van der Waals surface area contributed by atoms with Gasteiger partial charge in [-0.15, -0.1) is 24.8 Å². The molecular formula is C19H29Cl2N3O. The lowest BCUT2D eigenvalue weighted by molar-refractivity contribution is 0.0681. The van der Waals surface area contributed by atoms with Crippen molar-refractivity contribution in [3.8, 4) is 0 Å². The number of hydrogen-bond acceptors (Lipinski definition) is 3. The van der Waals surface area contributed by atoms with Gasteiger partial charge in [0.2, 0.25) is 0 Å². The van der Waals surface area contributed by atoms with Gasteiger partial charge in [0.1, 0.15) is 0 Å². The van der Waals surface area contributed by atoms with E-state index in [0.717, 1.165) is 50.3 Å². The largest absolute Gasteiger partial charge is 0.371 e. The number of hydrogen-bond donors (Lipinski definition) is 1. The summed E-state index contributed by atoms with van der Waals surface area (Å²) in [5, 5.41) is 3.49. The van der Waals surface area contributed by atoms with E-state index < -0.39 is 0 Å². The highest BCUT2D eigenvalue weighted by Gasteiger charge is 2.39. The van der Waals surface area contributed by atoms with E-state index in [2.05, 4.69) is 40.2 Å². The molecule has 0 saturated carbocycles. The van der Waals surface area contributed by atoms with Crippen LogP contribution in [0.2, 0.25) is 0 Å². The van der Waals surface area contributed by atoms with Crippen LogP contribution in [0.4, 0.5) is 5.69 Å². The van der Waals surface area contributed by atoms with Crippen molar-refractivity contribution in [1.29, 1.82) is 0 Å². The van der Waals surface area contributed by atoms with Gasteiger partial charge in [-0.05, 0) is 57.7 Å². The Bertz CT molecular complexity index is 590. The predicted octanol–water partition coefficient (Wildman–Crippen LogP) is 3.41. The van der Waals surface area contributed by atoms with E-state index >= 15 is 0 Å². The summed E-state index contributed by atoms with van der Waals surface area (Å²) in [6, 6.07) is 7.21. The monoisotopic (exact) mass is 385 g/mol. The van der Waals surface area contributed by atoms with E-state index in [1.807, 2.05) is 0 Å². The molecule has 3 saturated heterocycles. The minimum absolute atomic E-state index is 0. The predicted molar refractivity (Wildman–Crippen MR) is 108 cm³/mol. The number of benzene rings is 1. The number of fused-ring (bicyclic) bond motifs is 2. The first-order valence-corrected chi connectivity index (χ1v) is 9.13. The lowest BCUT2D eigenvalue weighted by atomic mass is 10.1. The Morgan fingerprint density at radius 2 is 1.80 bits per heavy atom. The first-order valence-electron chi connectivity index (χ1n) is 9.13. The Balaban J connectivity index is 0.00000113. The maximum atomic E-state index is 13.4. The number of rotatable bonds is 2. The zero-order valence-electron chi connectivity index (χ0n) is 14.9. The highest BCUT2D eigenvalue weighted by atomic mass is 35.5. The van der Waals surface area contributed by atoms with Crippen LogP contribution in [-0.4, -0.2) is 49.1 Å². The highest BCUT2D eigenvalue weighted by Crippen LogP contribution is 2.33. The molecule has 0 aromatic heterocycles. The fourth-order valence-electron chi connectivity index (χ4n) is 4.51. The van der Waals surface area contributed by atoms with Gasteiger partial charge in [-0.1, -0.05) is 11.6 Å². The number of nitrogens with one attached hydrogen (secondary N) is 1. The highest BCUT2D eigenvalue weighted by molar-refractivity contribution is 6.00. The molecule has 6 heteroatoms. The molecule has 4 rings (SSSR count). The van der Waals surface area contributed by atoms with Crippen LogP contribution in [0.25, 0.3) is 0 Å². The molecule has 140 valence electrons. The Morgan fingerprint density at radius 3 is 2.56 bits per heavy atom. The van der Waals surface area contributed by atoms with Crippen molar-refractivity contribution in [3.63, 3.8) is 0 Å². The average molecular weight is 386 g/mol. The summed E-state index contributed by atoms with van der Waals surface area (Å²) in [5.41, 5.74) is 3.25. The average Bonchev–Trinajstić information content (AvgIpc) is 3.14. The second kappa shape index (κ2) is 8.61. The van der Waals surface area contributed by atoms with Crippen molar-refractivity contribution < 1.29 is 4.79 Å². The first kappa shape index (κ1) is 20.3. The van der Waals surface area contributed by atoms with Gasteiger partial charge in [-0.3, -0.25) is 4.79 Å². The third-order valence-electron chi connectivity index (χ3n) is 5.72. The SMILES string of the molecule is Cc1ccc(N2CCCC2)c(C(=O)N2C3CCNCC2CC3)c1.Cl.Cl. The van der Waals surface area contributed by atoms with Crippen molar-refractivity contribution in [2.75, 3.05) is 31.1 Å². The second-order valence-electron chi connectivity index (χ2n) is 7.30. The summed E-state index contributed by atoms with van der Waals surface area (Å²) >= 11 is 0. The molecule has 0 aliphatic carbocycles. The molecule has 1 aromatic carbocycles. The number of carbonyl (C=O) groups excluding carboxylic acids is 1. The molecule has 1 amide bonds. The van der Waals surface area contributed by atoms with Crippen LogP contribution >= 0.6 is 24.8 Å². The van der Waals surface area contributed by atoms with Crippen molar-refractivity contribution in [2.24, 2.45) is 0 Å². The van der Waals surface area contributed by atoms with Gasteiger partial charge in [-0.2, -0.15) is 0 Å². The van der Waals surface area contributed by atoms with Gasteiger partial charge in [0.05, 0.1) is 5.56 Å². The summed E-state index contributed by atoms with van der Waals surface area (Å²) in [4.78, 5) is 18.0. The Kier molecular flexibility index (Phi) is 7.01. The molecule has 25 heavy (non-hydrogen) atoms. The van der Waals surface area contributed by atoms with E-state index in [0.29, 0.717) is 12.1 Å². The van der Waals surface area contributed by atoms with Gasteiger partial charge in [-0.25, -0.2) is 0 Å². The first-order chi connectivity index (χ1) is 11.2. The zero-order chi connectivity index (χ0) is 15.8. The molecule has 3 aliphatic rings. The summed E-state index contributed by atoms with van der Waals surface area (Å²) < 4.78 is 0. The van der Waals surface area contributed by atoms with Crippen molar-refractivity contribution >= 4 is 36.4 Å². The Morgan fingerprint density at radius 1 is 1.08 bits per heavy atom. The molecule has 3 aliphatic heterocycles. The van der Waals surface area contributed by atoms with Gasteiger partial charge < -0.3 is 15.1 Å². The smallest absolute Gasteiger partial charge is 0.256 e. The molecular weight excluding hydrogens is 357 g/mol. The standard InChI is InChI=1S/C19H27N3O.2ClH/c1-14-4-7-18(21-10-2-3-11-21)17(12-14)19(23)22-15-5-6-16(22)13-20-9-8-15;;/h4,7,12,15-16,20H,2-3,5-6,8-11,13H2,1H3;2*1H. The Labute approximate surface area is 163 Å². The molecule has 2 bridgehead atoms. The molecule has 0 spiro atoms. The van der Waals surface area contributed by atoms with Crippen LogP contribution < -0.4 is 10.2 Å². The molecule has 2 unspecified atom stereocenters. The van der Waals surface area contributed by atoms with Crippen molar-refractivity contribution in [3.05, 3.63) is 29.3 Å². The topological polar surface area (TPSA) is 35.6 Å². The third-order valence-corrected chi connectivity index (χ3v) is 5.72. The number of amides is 1. The lowest BCUT2D eigenvalue weighted by Crippen LogP contribution is -2.43. The molecule has 1 N–H and O–H groups in total. The number of nitrogens with zero attached hydrogens (tertiary/aromatic N) is 2. The van der Waals surface area contributed by atoms with Gasteiger partial charge in [0.15, 0.2) is 0 Å².